The molecule has 1 aromatic carbocycles. The van der Waals surface area contributed by atoms with E-state index < -0.39 is 0 Å². The van der Waals surface area contributed by atoms with E-state index in [2.05, 4.69) is 46.0 Å². The number of ether oxygens (including phenoxy) is 1. The summed E-state index contributed by atoms with van der Waals surface area (Å²) in [7, 11) is 1.78. The topological polar surface area (TPSA) is 63.5 Å². The van der Waals surface area contributed by atoms with E-state index in [1.54, 1.807) is 7.05 Å². The van der Waals surface area contributed by atoms with Gasteiger partial charge in [-0.25, -0.2) is 4.68 Å². The lowest BCUT2D eigenvalue weighted by Gasteiger charge is -2.11. The fraction of sp³-hybridized carbons (Fsp3) is 0.474. The van der Waals surface area contributed by atoms with Gasteiger partial charge in [-0.1, -0.05) is 18.2 Å². The van der Waals surface area contributed by atoms with E-state index in [9.17, 15) is 0 Å². The van der Waals surface area contributed by atoms with Gasteiger partial charge >= 0.3 is 0 Å². The zero-order valence-corrected chi connectivity index (χ0v) is 15.5. The zero-order valence-electron chi connectivity index (χ0n) is 15.5. The molecular formula is C19H29N5O. The molecule has 0 saturated heterocycles. The zero-order chi connectivity index (χ0) is 17.9. The van der Waals surface area contributed by atoms with Gasteiger partial charge in [0.15, 0.2) is 5.96 Å². The molecule has 1 aromatic heterocycles. The van der Waals surface area contributed by atoms with Gasteiger partial charge in [-0.15, -0.1) is 0 Å². The van der Waals surface area contributed by atoms with Crippen molar-refractivity contribution in [3.63, 3.8) is 0 Å². The van der Waals surface area contributed by atoms with Gasteiger partial charge in [-0.3, -0.25) is 4.99 Å². The van der Waals surface area contributed by atoms with E-state index in [4.69, 9.17) is 4.74 Å². The van der Waals surface area contributed by atoms with Crippen LogP contribution in [-0.4, -0.2) is 49.1 Å². The summed E-state index contributed by atoms with van der Waals surface area (Å²) in [4.78, 5) is 4.21. The van der Waals surface area contributed by atoms with Crippen LogP contribution in [0.1, 0.15) is 24.6 Å². The Morgan fingerprint density at radius 2 is 1.96 bits per heavy atom. The molecule has 6 heteroatoms. The second-order valence-electron chi connectivity index (χ2n) is 5.75. The minimum atomic E-state index is 0.690. The van der Waals surface area contributed by atoms with Gasteiger partial charge in [0.05, 0.1) is 18.0 Å². The molecular weight excluding hydrogens is 314 g/mol. The van der Waals surface area contributed by atoms with Gasteiger partial charge in [0.1, 0.15) is 0 Å². The maximum Gasteiger partial charge on any atom is 0.191 e. The van der Waals surface area contributed by atoms with Crippen LogP contribution in [0.25, 0.3) is 5.69 Å². The molecule has 0 saturated carbocycles. The Morgan fingerprint density at radius 3 is 2.68 bits per heavy atom. The van der Waals surface area contributed by atoms with Crippen molar-refractivity contribution < 1.29 is 4.74 Å². The van der Waals surface area contributed by atoms with Crippen molar-refractivity contribution in [2.45, 2.75) is 26.7 Å². The first-order chi connectivity index (χ1) is 12.2. The highest BCUT2D eigenvalue weighted by molar-refractivity contribution is 5.79. The number of hydrogen-bond acceptors (Lipinski definition) is 3. The molecule has 0 aliphatic carbocycles. The highest BCUT2D eigenvalue weighted by Crippen LogP contribution is 2.13. The van der Waals surface area contributed by atoms with Gasteiger partial charge in [0.2, 0.25) is 0 Å². The molecule has 1 heterocycles. The van der Waals surface area contributed by atoms with Crippen LogP contribution in [0.3, 0.4) is 0 Å². The minimum Gasteiger partial charge on any atom is -0.380 e. The van der Waals surface area contributed by atoms with E-state index in [1.807, 2.05) is 29.8 Å². The van der Waals surface area contributed by atoms with Gasteiger partial charge in [0.25, 0.3) is 0 Å². The lowest BCUT2D eigenvalue weighted by molar-refractivity contribution is 0.152. The first-order valence-electron chi connectivity index (χ1n) is 8.87. The largest absolute Gasteiger partial charge is 0.380 e. The van der Waals surface area contributed by atoms with Crippen molar-refractivity contribution in [2.24, 2.45) is 4.99 Å². The Kier molecular flexibility index (Phi) is 7.98. The molecule has 2 aromatic rings. The summed E-state index contributed by atoms with van der Waals surface area (Å²) in [5, 5.41) is 11.2. The molecule has 6 nitrogen and oxygen atoms in total. The number of guanidine groups is 1. The van der Waals surface area contributed by atoms with Gasteiger partial charge in [0, 0.05) is 32.9 Å². The third-order valence-electron chi connectivity index (χ3n) is 3.90. The molecule has 0 amide bonds. The van der Waals surface area contributed by atoms with E-state index >= 15 is 0 Å². The first-order valence-corrected chi connectivity index (χ1v) is 8.87. The molecule has 2 rings (SSSR count). The SMILES string of the molecule is CCOCCNC(=NC)NCCCc1cn(-c2ccccc2)nc1C. The lowest BCUT2D eigenvalue weighted by Crippen LogP contribution is -2.39. The number of hydrogen-bond donors (Lipinski definition) is 2. The Bertz CT molecular complexity index is 651. The number of nitrogens with one attached hydrogen (secondary N) is 2. The number of nitrogens with zero attached hydrogens (tertiary/aromatic N) is 3. The van der Waals surface area contributed by atoms with Crippen LogP contribution in [0.5, 0.6) is 0 Å². The van der Waals surface area contributed by atoms with Crippen LogP contribution in [0.4, 0.5) is 0 Å². The monoisotopic (exact) mass is 343 g/mol. The number of para-hydroxylation sites is 1. The number of aryl methyl sites for hydroxylation is 2. The Balaban J connectivity index is 1.75. The Labute approximate surface area is 150 Å². The summed E-state index contributed by atoms with van der Waals surface area (Å²) >= 11 is 0. The number of aliphatic imine (C=N–C) groups is 1. The van der Waals surface area contributed by atoms with Crippen LogP contribution < -0.4 is 10.6 Å². The maximum absolute atomic E-state index is 5.31. The standard InChI is InChI=1S/C19H29N5O/c1-4-25-14-13-22-19(20-3)21-12-8-9-17-15-24(23-16(17)2)18-10-6-5-7-11-18/h5-7,10-11,15H,4,8-9,12-14H2,1-3H3,(H2,20,21,22). The molecule has 0 radical (unpaired) electrons. The van der Waals surface area contributed by atoms with E-state index in [1.165, 1.54) is 5.56 Å². The molecule has 0 bridgehead atoms. The second kappa shape index (κ2) is 10.5. The van der Waals surface area contributed by atoms with Crippen molar-refractivity contribution in [3.05, 3.63) is 47.8 Å². The summed E-state index contributed by atoms with van der Waals surface area (Å²) in [6.45, 7) is 7.12. The summed E-state index contributed by atoms with van der Waals surface area (Å²) in [6.07, 6.45) is 4.13. The molecule has 0 unspecified atom stereocenters. The predicted octanol–water partition coefficient (Wildman–Crippen LogP) is 2.31. The highest BCUT2D eigenvalue weighted by Gasteiger charge is 2.06. The number of aromatic nitrogens is 2. The molecule has 25 heavy (non-hydrogen) atoms. The van der Waals surface area contributed by atoms with Gasteiger partial charge < -0.3 is 15.4 Å². The lowest BCUT2D eigenvalue weighted by atomic mass is 10.1. The highest BCUT2D eigenvalue weighted by atomic mass is 16.5. The number of rotatable bonds is 9. The average molecular weight is 343 g/mol. The number of benzene rings is 1. The van der Waals surface area contributed by atoms with E-state index in [0.29, 0.717) is 6.61 Å². The summed E-state index contributed by atoms with van der Waals surface area (Å²) < 4.78 is 7.26. The van der Waals surface area contributed by atoms with Crippen molar-refractivity contribution in [2.75, 3.05) is 33.4 Å². The average Bonchev–Trinajstić information content (AvgIpc) is 3.02. The molecule has 0 fully saturated rings. The maximum atomic E-state index is 5.31. The minimum absolute atomic E-state index is 0.690. The second-order valence-corrected chi connectivity index (χ2v) is 5.75. The van der Waals surface area contributed by atoms with Crippen molar-refractivity contribution in [1.29, 1.82) is 0 Å². The van der Waals surface area contributed by atoms with Crippen LogP contribution in [-0.2, 0) is 11.2 Å². The molecule has 0 aliphatic heterocycles. The van der Waals surface area contributed by atoms with Crippen LogP contribution in [0.2, 0.25) is 0 Å². The van der Waals surface area contributed by atoms with Gasteiger partial charge in [-0.2, -0.15) is 5.10 Å². The van der Waals surface area contributed by atoms with Gasteiger partial charge in [-0.05, 0) is 44.4 Å². The normalized spacial score (nSPS) is 11.6. The van der Waals surface area contributed by atoms with Crippen LogP contribution >= 0.6 is 0 Å². The fourth-order valence-electron chi connectivity index (χ4n) is 2.55. The molecule has 0 aliphatic rings. The van der Waals surface area contributed by atoms with E-state index in [-0.39, 0.29) is 0 Å². The fourth-order valence-corrected chi connectivity index (χ4v) is 2.55. The third-order valence-corrected chi connectivity index (χ3v) is 3.90. The molecule has 0 spiro atoms. The van der Waals surface area contributed by atoms with Crippen LogP contribution in [0, 0.1) is 6.92 Å². The smallest absolute Gasteiger partial charge is 0.191 e. The van der Waals surface area contributed by atoms with E-state index in [0.717, 1.165) is 49.9 Å². The summed E-state index contributed by atoms with van der Waals surface area (Å²) in [5.74, 6) is 0.816. The first kappa shape index (κ1) is 19.0. The Morgan fingerprint density at radius 1 is 1.20 bits per heavy atom. The van der Waals surface area contributed by atoms with Crippen molar-refractivity contribution in [3.8, 4) is 5.69 Å². The van der Waals surface area contributed by atoms with Crippen LogP contribution in [0.15, 0.2) is 41.5 Å². The van der Waals surface area contributed by atoms with Crippen molar-refractivity contribution >= 4 is 5.96 Å². The summed E-state index contributed by atoms with van der Waals surface area (Å²) in [6, 6.07) is 10.2. The Hall–Kier alpha value is -2.34. The summed E-state index contributed by atoms with van der Waals surface area (Å²) in [5.41, 5.74) is 3.46. The predicted molar refractivity (Wildman–Crippen MR) is 102 cm³/mol. The molecule has 0 atom stereocenters. The third kappa shape index (κ3) is 6.23. The quantitative estimate of drug-likeness (QED) is 0.417. The molecule has 136 valence electrons. The molecule has 2 N–H and O–H groups in total. The van der Waals surface area contributed by atoms with Crippen molar-refractivity contribution in [1.82, 2.24) is 20.4 Å².